The van der Waals surface area contributed by atoms with E-state index in [0.29, 0.717) is 11.4 Å². The summed E-state index contributed by atoms with van der Waals surface area (Å²) in [7, 11) is 1.58. The topological polar surface area (TPSA) is 63.2 Å². The Hall–Kier alpha value is -3.38. The summed E-state index contributed by atoms with van der Waals surface area (Å²) < 4.78 is 6.45. The van der Waals surface area contributed by atoms with Gasteiger partial charge in [-0.25, -0.2) is 4.98 Å². The van der Waals surface area contributed by atoms with Crippen LogP contribution in [0.2, 0.25) is 0 Å². The maximum Gasteiger partial charge on any atom is 0.246 e. The predicted octanol–water partition coefficient (Wildman–Crippen LogP) is 5.41. The molecule has 0 bridgehead atoms. The molecule has 1 amide bonds. The number of aromatic nitrogens is 1. The molecule has 2 N–H and O–H groups in total. The van der Waals surface area contributed by atoms with Crippen LogP contribution in [0.25, 0.3) is 20.8 Å². The van der Waals surface area contributed by atoms with Crippen LogP contribution in [0.4, 0.5) is 11.4 Å². The molecule has 1 heterocycles. The normalized spacial score (nSPS) is 11.8. The van der Waals surface area contributed by atoms with Crippen LogP contribution >= 0.6 is 11.3 Å². The van der Waals surface area contributed by atoms with Gasteiger partial charge in [-0.15, -0.1) is 11.3 Å². The standard InChI is InChI=1S/C23H21N3O2S/c1-15(22(27)25-18-7-3-5-9-20(18)28-2)24-17-13-11-16(12-14-17)23-26-19-8-4-6-10-21(19)29-23/h3-15,24H,1-2H3,(H,25,27)/t15-/m0/s1. The maximum absolute atomic E-state index is 12.5. The Kier molecular flexibility index (Phi) is 5.44. The van der Waals surface area contributed by atoms with Crippen molar-refractivity contribution in [3.05, 3.63) is 72.8 Å². The number of thiazole rings is 1. The quantitative estimate of drug-likeness (QED) is 0.452. The molecule has 1 atom stereocenters. The van der Waals surface area contributed by atoms with Crippen molar-refractivity contribution in [2.24, 2.45) is 0 Å². The van der Waals surface area contributed by atoms with Crippen LogP contribution in [0.1, 0.15) is 6.92 Å². The van der Waals surface area contributed by atoms with Crippen LogP contribution in [0, 0.1) is 0 Å². The molecular weight excluding hydrogens is 382 g/mol. The highest BCUT2D eigenvalue weighted by Crippen LogP contribution is 2.30. The third kappa shape index (κ3) is 4.22. The Bertz CT molecular complexity index is 1110. The van der Waals surface area contributed by atoms with Gasteiger partial charge in [0.05, 0.1) is 23.0 Å². The lowest BCUT2D eigenvalue weighted by molar-refractivity contribution is -0.116. The largest absolute Gasteiger partial charge is 0.495 e. The lowest BCUT2D eigenvalue weighted by atomic mass is 10.2. The van der Waals surface area contributed by atoms with E-state index < -0.39 is 6.04 Å². The molecule has 146 valence electrons. The van der Waals surface area contributed by atoms with Crippen molar-refractivity contribution < 1.29 is 9.53 Å². The van der Waals surface area contributed by atoms with Crippen molar-refractivity contribution in [1.29, 1.82) is 0 Å². The van der Waals surface area contributed by atoms with Gasteiger partial charge in [0.2, 0.25) is 5.91 Å². The molecule has 0 aliphatic rings. The molecule has 3 aromatic carbocycles. The second-order valence-corrected chi connectivity index (χ2v) is 7.65. The molecule has 4 aromatic rings. The number of amides is 1. The molecule has 4 rings (SSSR count). The minimum Gasteiger partial charge on any atom is -0.495 e. The van der Waals surface area contributed by atoms with Gasteiger partial charge in [-0.05, 0) is 55.5 Å². The van der Waals surface area contributed by atoms with E-state index in [1.807, 2.05) is 73.7 Å². The Morgan fingerprint density at radius 3 is 2.48 bits per heavy atom. The summed E-state index contributed by atoms with van der Waals surface area (Å²) in [6.07, 6.45) is 0. The summed E-state index contributed by atoms with van der Waals surface area (Å²) in [6.45, 7) is 1.83. The minimum atomic E-state index is -0.409. The maximum atomic E-state index is 12.5. The fraction of sp³-hybridized carbons (Fsp3) is 0.130. The molecule has 0 radical (unpaired) electrons. The van der Waals surface area contributed by atoms with E-state index in [0.717, 1.165) is 21.8 Å². The fourth-order valence-corrected chi connectivity index (χ4v) is 3.98. The molecular formula is C23H21N3O2S. The van der Waals surface area contributed by atoms with Crippen molar-refractivity contribution in [1.82, 2.24) is 4.98 Å². The van der Waals surface area contributed by atoms with Crippen molar-refractivity contribution >= 4 is 38.8 Å². The first kappa shape index (κ1) is 19.0. The molecule has 1 aromatic heterocycles. The van der Waals surface area contributed by atoms with Crippen molar-refractivity contribution in [3.8, 4) is 16.3 Å². The van der Waals surface area contributed by atoms with E-state index in [1.165, 1.54) is 4.70 Å². The molecule has 0 fully saturated rings. The Morgan fingerprint density at radius 1 is 1.00 bits per heavy atom. The lowest BCUT2D eigenvalue weighted by Crippen LogP contribution is -2.31. The first-order valence-electron chi connectivity index (χ1n) is 9.30. The van der Waals surface area contributed by atoms with Gasteiger partial charge in [-0.2, -0.15) is 0 Å². The number of hydrogen-bond donors (Lipinski definition) is 2. The average molecular weight is 404 g/mol. The highest BCUT2D eigenvalue weighted by atomic mass is 32.1. The molecule has 0 aliphatic carbocycles. The van der Waals surface area contributed by atoms with Gasteiger partial charge in [0.1, 0.15) is 16.8 Å². The summed E-state index contributed by atoms with van der Waals surface area (Å²) in [4.78, 5) is 17.2. The predicted molar refractivity (Wildman–Crippen MR) is 120 cm³/mol. The van der Waals surface area contributed by atoms with Gasteiger partial charge in [-0.1, -0.05) is 24.3 Å². The minimum absolute atomic E-state index is 0.134. The molecule has 0 saturated carbocycles. The molecule has 0 aliphatic heterocycles. The van der Waals surface area contributed by atoms with Gasteiger partial charge in [-0.3, -0.25) is 4.79 Å². The summed E-state index contributed by atoms with van der Waals surface area (Å²) >= 11 is 1.67. The second kappa shape index (κ2) is 8.32. The summed E-state index contributed by atoms with van der Waals surface area (Å²) in [5.41, 5.74) is 3.59. The van der Waals surface area contributed by atoms with E-state index in [9.17, 15) is 4.79 Å². The van der Waals surface area contributed by atoms with Crippen molar-refractivity contribution in [2.75, 3.05) is 17.7 Å². The summed E-state index contributed by atoms with van der Waals surface area (Å²) in [5.74, 6) is 0.498. The van der Waals surface area contributed by atoms with Crippen LogP contribution in [0.3, 0.4) is 0 Å². The van der Waals surface area contributed by atoms with Crippen LogP contribution in [0.5, 0.6) is 5.75 Å². The van der Waals surface area contributed by atoms with Crippen LogP contribution in [-0.2, 0) is 4.79 Å². The fourth-order valence-electron chi connectivity index (χ4n) is 3.01. The Morgan fingerprint density at radius 2 is 1.72 bits per heavy atom. The number of anilines is 2. The molecule has 0 spiro atoms. The first-order valence-corrected chi connectivity index (χ1v) is 10.1. The highest BCUT2D eigenvalue weighted by molar-refractivity contribution is 7.21. The monoisotopic (exact) mass is 403 g/mol. The van der Waals surface area contributed by atoms with Crippen molar-refractivity contribution in [2.45, 2.75) is 13.0 Å². The second-order valence-electron chi connectivity index (χ2n) is 6.62. The smallest absolute Gasteiger partial charge is 0.246 e. The number of methoxy groups -OCH3 is 1. The number of carbonyl (C=O) groups is 1. The third-order valence-electron chi connectivity index (χ3n) is 4.57. The van der Waals surface area contributed by atoms with E-state index in [1.54, 1.807) is 18.4 Å². The zero-order valence-electron chi connectivity index (χ0n) is 16.2. The van der Waals surface area contributed by atoms with Gasteiger partial charge >= 0.3 is 0 Å². The van der Waals surface area contributed by atoms with Crippen LogP contribution in [0.15, 0.2) is 72.8 Å². The summed E-state index contributed by atoms with van der Waals surface area (Å²) in [6, 6.07) is 23.0. The third-order valence-corrected chi connectivity index (χ3v) is 5.65. The van der Waals surface area contributed by atoms with E-state index in [2.05, 4.69) is 21.7 Å². The molecule has 0 saturated heterocycles. The van der Waals surface area contributed by atoms with Crippen LogP contribution in [-0.4, -0.2) is 24.0 Å². The Labute approximate surface area is 173 Å². The van der Waals surface area contributed by atoms with E-state index in [-0.39, 0.29) is 5.91 Å². The van der Waals surface area contributed by atoms with Crippen molar-refractivity contribution in [3.63, 3.8) is 0 Å². The van der Waals surface area contributed by atoms with E-state index in [4.69, 9.17) is 4.74 Å². The number of rotatable bonds is 6. The summed E-state index contributed by atoms with van der Waals surface area (Å²) in [5, 5.41) is 7.12. The first-order chi connectivity index (χ1) is 14.1. The average Bonchev–Trinajstić information content (AvgIpc) is 3.19. The number of carbonyl (C=O) groups excluding carboxylic acids is 1. The number of benzene rings is 3. The van der Waals surface area contributed by atoms with Gasteiger partial charge in [0.25, 0.3) is 0 Å². The zero-order valence-corrected chi connectivity index (χ0v) is 17.0. The number of nitrogens with zero attached hydrogens (tertiary/aromatic N) is 1. The van der Waals surface area contributed by atoms with Gasteiger partial charge in [0, 0.05) is 11.3 Å². The lowest BCUT2D eigenvalue weighted by Gasteiger charge is -2.16. The Balaban J connectivity index is 1.43. The molecule has 29 heavy (non-hydrogen) atoms. The van der Waals surface area contributed by atoms with Gasteiger partial charge in [0.15, 0.2) is 0 Å². The van der Waals surface area contributed by atoms with E-state index >= 15 is 0 Å². The molecule has 5 nitrogen and oxygen atoms in total. The number of para-hydroxylation sites is 3. The van der Waals surface area contributed by atoms with Crippen LogP contribution < -0.4 is 15.4 Å². The highest BCUT2D eigenvalue weighted by Gasteiger charge is 2.15. The number of nitrogens with one attached hydrogen (secondary N) is 2. The van der Waals surface area contributed by atoms with Gasteiger partial charge < -0.3 is 15.4 Å². The number of fused-ring (bicyclic) bond motifs is 1. The molecule has 6 heteroatoms. The number of hydrogen-bond acceptors (Lipinski definition) is 5. The number of ether oxygens (including phenoxy) is 1. The zero-order chi connectivity index (χ0) is 20.2. The molecule has 0 unspecified atom stereocenters. The SMILES string of the molecule is COc1ccccc1NC(=O)[C@H](C)Nc1ccc(-c2nc3ccccc3s2)cc1.